The monoisotopic (exact) mass is 341 g/mol. The number of aliphatic carboxylic acids is 1. The number of nitrogens with zero attached hydrogens (tertiary/aromatic N) is 2. The number of nitrogens with one attached hydrogen (secondary N) is 1. The van der Waals surface area contributed by atoms with Gasteiger partial charge in [-0.15, -0.1) is 0 Å². The Morgan fingerprint density at radius 3 is 2.64 bits per heavy atom. The molecule has 8 nitrogen and oxygen atoms in total. The SMILES string of the molecule is COC(=O)c1cn([C@H](CC(=O)O)c2ccccc2)cc2c(=O)[nH]nc1-2. The number of aromatic nitrogens is 3. The summed E-state index contributed by atoms with van der Waals surface area (Å²) in [7, 11) is 1.22. The second kappa shape index (κ2) is 6.60. The predicted octanol–water partition coefficient (Wildman–Crippen LogP) is 1.53. The van der Waals surface area contributed by atoms with Crippen molar-refractivity contribution in [2.24, 2.45) is 0 Å². The van der Waals surface area contributed by atoms with Gasteiger partial charge >= 0.3 is 11.9 Å². The van der Waals surface area contributed by atoms with E-state index in [1.54, 1.807) is 24.3 Å². The summed E-state index contributed by atoms with van der Waals surface area (Å²) in [5.74, 6) is -1.66. The van der Waals surface area contributed by atoms with E-state index in [1.165, 1.54) is 24.1 Å². The molecule has 1 aromatic rings. The fourth-order valence-electron chi connectivity index (χ4n) is 2.73. The van der Waals surface area contributed by atoms with Crippen molar-refractivity contribution in [2.45, 2.75) is 12.5 Å². The van der Waals surface area contributed by atoms with E-state index in [-0.39, 0.29) is 23.2 Å². The summed E-state index contributed by atoms with van der Waals surface area (Å²) in [6, 6.07) is 8.39. The van der Waals surface area contributed by atoms with Gasteiger partial charge in [0.25, 0.3) is 5.56 Å². The third-order valence-electron chi connectivity index (χ3n) is 3.90. The zero-order valence-corrected chi connectivity index (χ0v) is 13.3. The van der Waals surface area contributed by atoms with E-state index in [2.05, 4.69) is 10.2 Å². The third-order valence-corrected chi connectivity index (χ3v) is 3.90. The van der Waals surface area contributed by atoms with Crippen LogP contribution in [-0.4, -0.2) is 38.9 Å². The number of benzene rings is 1. The van der Waals surface area contributed by atoms with Crippen LogP contribution in [0.5, 0.6) is 0 Å². The summed E-state index contributed by atoms with van der Waals surface area (Å²) in [4.78, 5) is 35.4. The molecule has 0 spiro atoms. The van der Waals surface area contributed by atoms with Crippen LogP contribution in [0.3, 0.4) is 0 Å². The summed E-state index contributed by atoms with van der Waals surface area (Å²) in [5.41, 5.74) is 0.742. The molecule has 0 saturated carbocycles. The fourth-order valence-corrected chi connectivity index (χ4v) is 2.73. The molecule has 0 amide bonds. The molecule has 1 aromatic carbocycles. The van der Waals surface area contributed by atoms with Crippen molar-refractivity contribution in [3.63, 3.8) is 0 Å². The summed E-state index contributed by atoms with van der Waals surface area (Å²) in [6.45, 7) is 0. The van der Waals surface area contributed by atoms with Crippen molar-refractivity contribution in [3.05, 3.63) is 64.2 Å². The van der Waals surface area contributed by atoms with Gasteiger partial charge in [-0.1, -0.05) is 30.3 Å². The van der Waals surface area contributed by atoms with Gasteiger partial charge in [0.05, 0.1) is 25.1 Å². The molecule has 0 radical (unpaired) electrons. The van der Waals surface area contributed by atoms with Crippen molar-refractivity contribution in [2.75, 3.05) is 7.11 Å². The topological polar surface area (TPSA) is 114 Å². The van der Waals surface area contributed by atoms with Crippen LogP contribution in [0, 0.1) is 0 Å². The Kier molecular flexibility index (Phi) is 4.34. The first-order valence-electron chi connectivity index (χ1n) is 7.46. The van der Waals surface area contributed by atoms with Crippen molar-refractivity contribution < 1.29 is 19.4 Å². The smallest absolute Gasteiger partial charge is 0.341 e. The Hall–Kier alpha value is -3.42. The maximum atomic E-state index is 12.1. The molecule has 8 heteroatoms. The molecular weight excluding hydrogens is 326 g/mol. The first kappa shape index (κ1) is 16.4. The Bertz CT molecular complexity index is 945. The zero-order valence-electron chi connectivity index (χ0n) is 13.3. The number of carboxylic acids is 1. The number of methoxy groups -OCH3 is 1. The number of aromatic amines is 1. The average Bonchev–Trinajstić information content (AvgIpc) is 3.00. The van der Waals surface area contributed by atoms with Gasteiger partial charge in [-0.05, 0) is 5.56 Å². The lowest BCUT2D eigenvalue weighted by molar-refractivity contribution is -0.137. The molecular formula is C17H15N3O5. The first-order valence-corrected chi connectivity index (χ1v) is 7.46. The fraction of sp³-hybridized carbons (Fsp3) is 0.176. The lowest BCUT2D eigenvalue weighted by atomic mass is 10.0. The van der Waals surface area contributed by atoms with Crippen molar-refractivity contribution >= 4 is 11.9 Å². The number of ether oxygens (including phenoxy) is 1. The minimum Gasteiger partial charge on any atom is -0.481 e. The maximum absolute atomic E-state index is 12.1. The van der Waals surface area contributed by atoms with Crippen LogP contribution >= 0.6 is 0 Å². The number of H-pyrrole nitrogens is 1. The van der Waals surface area contributed by atoms with Crippen molar-refractivity contribution in [3.8, 4) is 11.3 Å². The largest absolute Gasteiger partial charge is 0.481 e. The molecule has 25 heavy (non-hydrogen) atoms. The standard InChI is InChI=1S/C17H15N3O5/c1-25-17(24)12-9-20(8-11-15(12)18-19-16(11)23)13(7-14(21)22)10-5-3-2-4-6-10/h2-6,8-9,13H,7H2,1H3,(H,19,23)(H,21,22)/t13-/m1/s1. The maximum Gasteiger partial charge on any atom is 0.341 e. The Balaban J connectivity index is 2.22. The third kappa shape index (κ3) is 3.14. The van der Waals surface area contributed by atoms with Gasteiger partial charge in [-0.25, -0.2) is 9.89 Å². The van der Waals surface area contributed by atoms with Gasteiger partial charge in [0.15, 0.2) is 0 Å². The number of carboxylic acid groups (broad SMARTS) is 1. The predicted molar refractivity (Wildman–Crippen MR) is 87.6 cm³/mol. The van der Waals surface area contributed by atoms with E-state index in [4.69, 9.17) is 4.74 Å². The number of esters is 1. The highest BCUT2D eigenvalue weighted by Gasteiger charge is 2.25. The van der Waals surface area contributed by atoms with E-state index < -0.39 is 23.5 Å². The number of carbonyl (C=O) groups is 2. The quantitative estimate of drug-likeness (QED) is 0.680. The van der Waals surface area contributed by atoms with E-state index in [1.807, 2.05) is 6.07 Å². The van der Waals surface area contributed by atoms with Crippen LogP contribution in [0.15, 0.2) is 47.5 Å². The summed E-state index contributed by atoms with van der Waals surface area (Å²) in [5, 5.41) is 15.4. The van der Waals surface area contributed by atoms with Gasteiger partial charge in [-0.3, -0.25) is 9.59 Å². The lowest BCUT2D eigenvalue weighted by Gasteiger charge is -2.21. The van der Waals surface area contributed by atoms with Crippen molar-refractivity contribution in [1.82, 2.24) is 14.8 Å². The van der Waals surface area contributed by atoms with Crippen LogP contribution in [0.2, 0.25) is 0 Å². The molecule has 0 aromatic heterocycles. The molecule has 0 fully saturated rings. The minimum atomic E-state index is -1.00. The zero-order chi connectivity index (χ0) is 18.0. The number of pyridine rings is 1. The Labute approximate surface area is 142 Å². The highest BCUT2D eigenvalue weighted by atomic mass is 16.5. The van der Waals surface area contributed by atoms with E-state index in [0.29, 0.717) is 0 Å². The van der Waals surface area contributed by atoms with Crippen LogP contribution in [0.25, 0.3) is 11.3 Å². The van der Waals surface area contributed by atoms with Crippen LogP contribution in [-0.2, 0) is 9.53 Å². The molecule has 1 atom stereocenters. The molecule has 0 saturated heterocycles. The summed E-state index contributed by atoms with van der Waals surface area (Å²) >= 11 is 0. The molecule has 0 unspecified atom stereocenters. The molecule has 3 rings (SSSR count). The minimum absolute atomic E-state index is 0.0877. The average molecular weight is 341 g/mol. The van der Waals surface area contributed by atoms with Gasteiger partial charge in [0.1, 0.15) is 11.3 Å². The van der Waals surface area contributed by atoms with E-state index in [9.17, 15) is 19.5 Å². The first-order chi connectivity index (χ1) is 12.0. The molecule has 2 heterocycles. The number of hydrogen-bond donors (Lipinski definition) is 2. The molecule has 0 bridgehead atoms. The van der Waals surface area contributed by atoms with Crippen molar-refractivity contribution in [1.29, 1.82) is 0 Å². The second-order valence-corrected chi connectivity index (χ2v) is 5.45. The Morgan fingerprint density at radius 2 is 2.00 bits per heavy atom. The normalized spacial score (nSPS) is 12.0. The lowest BCUT2D eigenvalue weighted by Crippen LogP contribution is -2.19. The highest BCUT2D eigenvalue weighted by Crippen LogP contribution is 2.27. The molecule has 2 aliphatic rings. The second-order valence-electron chi connectivity index (χ2n) is 5.45. The summed E-state index contributed by atoms with van der Waals surface area (Å²) in [6.07, 6.45) is 2.73. The van der Waals surface area contributed by atoms with Gasteiger partial charge in [0, 0.05) is 12.4 Å². The van der Waals surface area contributed by atoms with Gasteiger partial charge < -0.3 is 14.4 Å². The highest BCUT2D eigenvalue weighted by molar-refractivity contribution is 5.96. The Morgan fingerprint density at radius 1 is 1.28 bits per heavy atom. The van der Waals surface area contributed by atoms with Crippen LogP contribution < -0.4 is 5.56 Å². The number of hydrogen-bond acceptors (Lipinski definition) is 5. The van der Waals surface area contributed by atoms with E-state index >= 15 is 0 Å². The molecule has 2 N–H and O–H groups in total. The van der Waals surface area contributed by atoms with E-state index in [0.717, 1.165) is 5.56 Å². The molecule has 0 aliphatic carbocycles. The molecule has 2 aliphatic heterocycles. The van der Waals surface area contributed by atoms with Crippen LogP contribution in [0.1, 0.15) is 28.4 Å². The van der Waals surface area contributed by atoms with Gasteiger partial charge in [0.2, 0.25) is 0 Å². The van der Waals surface area contributed by atoms with Crippen LogP contribution in [0.4, 0.5) is 0 Å². The number of rotatable bonds is 5. The van der Waals surface area contributed by atoms with Gasteiger partial charge in [-0.2, -0.15) is 5.10 Å². The number of fused-ring (bicyclic) bond motifs is 1. The summed E-state index contributed by atoms with van der Waals surface area (Å²) < 4.78 is 6.29. The number of carbonyl (C=O) groups excluding carboxylic acids is 1. The molecule has 128 valence electrons.